The summed E-state index contributed by atoms with van der Waals surface area (Å²) in [5.74, 6) is 1.00. The van der Waals surface area contributed by atoms with E-state index in [0.29, 0.717) is 0 Å². The van der Waals surface area contributed by atoms with Gasteiger partial charge in [0.2, 0.25) is 0 Å². The third-order valence-electron chi connectivity index (χ3n) is 1.76. The Hall–Kier alpha value is 0.730. The maximum Gasteiger partial charge on any atom is 0.0135 e. The molecule has 0 spiro atoms. The lowest BCUT2D eigenvalue weighted by molar-refractivity contribution is 0.638. The number of halogens is 1. The van der Waals surface area contributed by atoms with Crippen LogP contribution in [0.25, 0.3) is 0 Å². The summed E-state index contributed by atoms with van der Waals surface area (Å²) < 4.78 is 0.984. The zero-order valence-electron chi connectivity index (χ0n) is 4.65. The molecule has 0 heterocycles. The highest BCUT2D eigenvalue weighted by Crippen LogP contribution is 2.30. The molecule has 0 bridgehead atoms. The van der Waals surface area contributed by atoms with E-state index in [1.165, 1.54) is 19.3 Å². The van der Waals surface area contributed by atoms with Gasteiger partial charge in [0.1, 0.15) is 0 Å². The lowest BCUT2D eigenvalue weighted by atomic mass is 10.1. The van der Waals surface area contributed by atoms with E-state index >= 15 is 0 Å². The molecular formula is C6H11I. The molecule has 0 radical (unpaired) electrons. The molecule has 0 aromatic heterocycles. The van der Waals surface area contributed by atoms with Crippen LogP contribution in [0.2, 0.25) is 0 Å². The van der Waals surface area contributed by atoms with Crippen molar-refractivity contribution in [1.82, 2.24) is 0 Å². The molecule has 2 atom stereocenters. The average molecular weight is 210 g/mol. The third kappa shape index (κ3) is 1.31. The van der Waals surface area contributed by atoms with Crippen molar-refractivity contribution in [2.75, 3.05) is 0 Å². The topological polar surface area (TPSA) is 0 Å². The Morgan fingerprint density at radius 1 is 1.43 bits per heavy atom. The molecule has 0 amide bonds. The first kappa shape index (κ1) is 5.86. The van der Waals surface area contributed by atoms with E-state index in [4.69, 9.17) is 0 Å². The first-order valence-corrected chi connectivity index (χ1v) is 4.19. The molecule has 1 fully saturated rings. The van der Waals surface area contributed by atoms with Crippen molar-refractivity contribution >= 4 is 22.6 Å². The van der Waals surface area contributed by atoms with E-state index in [2.05, 4.69) is 29.5 Å². The molecule has 1 heteroatoms. The standard InChI is InChI=1S/C6H11I/c1-5-3-2-4-6(5)7/h5-6H,2-4H2,1H3/t5-,6-/m1/s1. The van der Waals surface area contributed by atoms with Gasteiger partial charge in [0.25, 0.3) is 0 Å². The smallest absolute Gasteiger partial charge is 0.0135 e. The SMILES string of the molecule is C[C@@H]1CCC[C@H]1I. The molecule has 0 unspecified atom stereocenters. The van der Waals surface area contributed by atoms with Gasteiger partial charge in [-0.05, 0) is 18.8 Å². The summed E-state index contributed by atoms with van der Waals surface area (Å²) in [5.41, 5.74) is 0. The first-order chi connectivity index (χ1) is 3.30. The number of alkyl halides is 1. The zero-order chi connectivity index (χ0) is 5.28. The van der Waals surface area contributed by atoms with Crippen molar-refractivity contribution in [3.8, 4) is 0 Å². The lowest BCUT2D eigenvalue weighted by Gasteiger charge is -2.03. The second-order valence-electron chi connectivity index (χ2n) is 2.42. The fraction of sp³-hybridized carbons (Fsp3) is 1.00. The third-order valence-corrected chi connectivity index (χ3v) is 3.61. The first-order valence-electron chi connectivity index (χ1n) is 2.95. The Labute approximate surface area is 58.8 Å². The quantitative estimate of drug-likeness (QED) is 0.425. The zero-order valence-corrected chi connectivity index (χ0v) is 6.81. The van der Waals surface area contributed by atoms with Crippen molar-refractivity contribution in [1.29, 1.82) is 0 Å². The summed E-state index contributed by atoms with van der Waals surface area (Å²) in [6.45, 7) is 2.35. The summed E-state index contributed by atoms with van der Waals surface area (Å²) in [6, 6.07) is 0. The van der Waals surface area contributed by atoms with E-state index < -0.39 is 0 Å². The molecule has 42 valence electrons. The molecule has 1 aliphatic carbocycles. The molecule has 0 aliphatic heterocycles. The molecule has 0 nitrogen and oxygen atoms in total. The lowest BCUT2D eigenvalue weighted by Crippen LogP contribution is -1.98. The second kappa shape index (κ2) is 2.33. The number of hydrogen-bond donors (Lipinski definition) is 0. The number of hydrogen-bond acceptors (Lipinski definition) is 0. The predicted molar refractivity (Wildman–Crippen MR) is 40.8 cm³/mol. The van der Waals surface area contributed by atoms with Crippen LogP contribution in [0.4, 0.5) is 0 Å². The molecule has 0 aromatic rings. The molecule has 0 aromatic carbocycles. The van der Waals surface area contributed by atoms with E-state index in [1.54, 1.807) is 0 Å². The molecule has 1 rings (SSSR count). The molecule has 1 saturated carbocycles. The van der Waals surface area contributed by atoms with Gasteiger partial charge in [-0.3, -0.25) is 0 Å². The largest absolute Gasteiger partial charge is 0.0823 e. The Balaban J connectivity index is 2.33. The molecule has 0 N–H and O–H groups in total. The van der Waals surface area contributed by atoms with Gasteiger partial charge in [-0.15, -0.1) is 0 Å². The van der Waals surface area contributed by atoms with Crippen LogP contribution in [0.1, 0.15) is 26.2 Å². The minimum Gasteiger partial charge on any atom is -0.0823 e. The molecule has 0 saturated heterocycles. The molecule has 7 heavy (non-hydrogen) atoms. The highest BCUT2D eigenvalue weighted by Gasteiger charge is 2.19. The maximum atomic E-state index is 2.56. The minimum atomic E-state index is 0.984. The van der Waals surface area contributed by atoms with Crippen molar-refractivity contribution < 1.29 is 0 Å². The van der Waals surface area contributed by atoms with Crippen LogP contribution in [-0.2, 0) is 0 Å². The van der Waals surface area contributed by atoms with E-state index in [0.717, 1.165) is 9.84 Å². The van der Waals surface area contributed by atoms with Gasteiger partial charge in [0.15, 0.2) is 0 Å². The van der Waals surface area contributed by atoms with Crippen molar-refractivity contribution in [2.24, 2.45) is 5.92 Å². The van der Waals surface area contributed by atoms with Gasteiger partial charge >= 0.3 is 0 Å². The van der Waals surface area contributed by atoms with Crippen LogP contribution < -0.4 is 0 Å². The van der Waals surface area contributed by atoms with Crippen molar-refractivity contribution in [3.05, 3.63) is 0 Å². The summed E-state index contributed by atoms with van der Waals surface area (Å²) in [4.78, 5) is 0. The van der Waals surface area contributed by atoms with Gasteiger partial charge in [-0.25, -0.2) is 0 Å². The average Bonchev–Trinajstić information content (AvgIpc) is 1.91. The number of rotatable bonds is 0. The second-order valence-corrected chi connectivity index (χ2v) is 4.02. The van der Waals surface area contributed by atoms with Gasteiger partial charge in [0, 0.05) is 3.92 Å². The Morgan fingerprint density at radius 2 is 2.14 bits per heavy atom. The van der Waals surface area contributed by atoms with Gasteiger partial charge in [0.05, 0.1) is 0 Å². The Kier molecular flexibility index (Phi) is 1.95. The summed E-state index contributed by atoms with van der Waals surface area (Å²) in [6.07, 6.45) is 4.39. The van der Waals surface area contributed by atoms with Crippen LogP contribution >= 0.6 is 22.6 Å². The van der Waals surface area contributed by atoms with Crippen molar-refractivity contribution in [3.63, 3.8) is 0 Å². The van der Waals surface area contributed by atoms with Crippen LogP contribution in [0.3, 0.4) is 0 Å². The highest BCUT2D eigenvalue weighted by molar-refractivity contribution is 14.1. The van der Waals surface area contributed by atoms with E-state index in [9.17, 15) is 0 Å². The van der Waals surface area contributed by atoms with Gasteiger partial charge < -0.3 is 0 Å². The minimum absolute atomic E-state index is 0.984. The van der Waals surface area contributed by atoms with Crippen LogP contribution in [0.15, 0.2) is 0 Å². The van der Waals surface area contributed by atoms with Crippen LogP contribution in [-0.4, -0.2) is 3.92 Å². The van der Waals surface area contributed by atoms with Crippen molar-refractivity contribution in [2.45, 2.75) is 30.1 Å². The predicted octanol–water partition coefficient (Wildman–Crippen LogP) is 2.61. The van der Waals surface area contributed by atoms with Crippen LogP contribution in [0, 0.1) is 5.92 Å². The van der Waals surface area contributed by atoms with E-state index in [-0.39, 0.29) is 0 Å². The fourth-order valence-corrected chi connectivity index (χ4v) is 1.90. The van der Waals surface area contributed by atoms with Crippen LogP contribution in [0.5, 0.6) is 0 Å². The van der Waals surface area contributed by atoms with Gasteiger partial charge in [-0.2, -0.15) is 0 Å². The molecular weight excluding hydrogens is 199 g/mol. The Morgan fingerprint density at radius 3 is 2.29 bits per heavy atom. The van der Waals surface area contributed by atoms with Gasteiger partial charge in [-0.1, -0.05) is 35.9 Å². The fourth-order valence-electron chi connectivity index (χ4n) is 1.10. The summed E-state index contributed by atoms with van der Waals surface area (Å²) in [5, 5.41) is 0. The maximum absolute atomic E-state index is 2.56. The van der Waals surface area contributed by atoms with E-state index in [1.807, 2.05) is 0 Å². The summed E-state index contributed by atoms with van der Waals surface area (Å²) >= 11 is 2.56. The molecule has 1 aliphatic rings. The Bertz CT molecular complexity index is 53.2. The normalized spacial score (nSPS) is 42.0. The summed E-state index contributed by atoms with van der Waals surface area (Å²) in [7, 11) is 0. The monoisotopic (exact) mass is 210 g/mol. The highest BCUT2D eigenvalue weighted by atomic mass is 127.